The van der Waals surface area contributed by atoms with E-state index in [1.165, 1.54) is 23.1 Å². The van der Waals surface area contributed by atoms with Crippen LogP contribution < -0.4 is 9.64 Å². The van der Waals surface area contributed by atoms with E-state index in [0.717, 1.165) is 25.9 Å². The minimum atomic E-state index is -0.631. The number of hydrogen-bond acceptors (Lipinski definition) is 3. The number of carbonyl (C=O) groups excluding carboxylic acids is 1. The number of carbonyl (C=O) groups is 1. The van der Waals surface area contributed by atoms with Gasteiger partial charge in [-0.15, -0.1) is 0 Å². The van der Waals surface area contributed by atoms with Crippen LogP contribution in [0, 0.1) is 5.82 Å². The summed E-state index contributed by atoms with van der Waals surface area (Å²) in [4.78, 5) is 16.3. The number of hydrogen-bond donors (Lipinski definition) is 0. The molecular formula is C20H22ClFN2O2. The van der Waals surface area contributed by atoms with Crippen molar-refractivity contribution in [3.8, 4) is 5.75 Å². The Bertz CT molecular complexity index is 771. The zero-order valence-electron chi connectivity index (χ0n) is 14.9. The maximum Gasteiger partial charge on any atom is 0.262 e. The largest absolute Gasteiger partial charge is 0.490 e. The molecule has 3 rings (SSSR count). The van der Waals surface area contributed by atoms with Crippen LogP contribution in [0.2, 0.25) is 5.02 Å². The molecule has 0 aliphatic carbocycles. The Morgan fingerprint density at radius 1 is 1.23 bits per heavy atom. The fourth-order valence-corrected chi connectivity index (χ4v) is 3.29. The summed E-state index contributed by atoms with van der Waals surface area (Å²) >= 11 is 6.01. The molecule has 0 radical (unpaired) electrons. The average Bonchev–Trinajstić information content (AvgIpc) is 2.63. The van der Waals surface area contributed by atoms with E-state index >= 15 is 0 Å². The Hall–Kier alpha value is -2.11. The summed E-state index contributed by atoms with van der Waals surface area (Å²) in [7, 11) is 3.70. The molecule has 1 saturated heterocycles. The van der Waals surface area contributed by atoms with Crippen LogP contribution in [0.4, 0.5) is 10.1 Å². The number of likely N-dealkylation sites (tertiary alicyclic amines) is 1. The second-order valence-corrected chi connectivity index (χ2v) is 6.99. The first-order valence-corrected chi connectivity index (χ1v) is 9.01. The van der Waals surface area contributed by atoms with E-state index in [-0.39, 0.29) is 16.7 Å². The molecule has 138 valence electrons. The minimum Gasteiger partial charge on any atom is -0.490 e. The third-order valence-corrected chi connectivity index (χ3v) is 4.97. The predicted molar refractivity (Wildman–Crippen MR) is 102 cm³/mol. The molecule has 1 fully saturated rings. The normalized spacial score (nSPS) is 15.7. The first kappa shape index (κ1) is 18.7. The summed E-state index contributed by atoms with van der Waals surface area (Å²) in [6, 6.07) is 11.5. The van der Waals surface area contributed by atoms with Gasteiger partial charge in [0.05, 0.1) is 10.6 Å². The minimum absolute atomic E-state index is 0.0978. The number of ether oxygens (including phenoxy) is 1. The second-order valence-electron chi connectivity index (χ2n) is 6.58. The standard InChI is InChI=1S/C20H22ClFN2O2/c1-23-11-9-15(10-12-23)26-16-6-3-5-14(13-16)24(2)20(25)19-17(21)7-4-8-18(19)22/h3-8,13,15H,9-12H2,1-2H3. The summed E-state index contributed by atoms with van der Waals surface area (Å²) < 4.78 is 20.1. The van der Waals surface area contributed by atoms with E-state index in [2.05, 4.69) is 11.9 Å². The molecule has 2 aromatic rings. The van der Waals surface area contributed by atoms with Gasteiger partial charge in [-0.2, -0.15) is 0 Å². The van der Waals surface area contributed by atoms with Crippen LogP contribution in [-0.4, -0.2) is 44.1 Å². The van der Waals surface area contributed by atoms with Crippen molar-refractivity contribution in [3.05, 3.63) is 58.9 Å². The zero-order valence-corrected chi connectivity index (χ0v) is 15.7. The molecule has 0 unspecified atom stereocenters. The number of amides is 1. The van der Waals surface area contributed by atoms with Crippen LogP contribution in [0.25, 0.3) is 0 Å². The maximum atomic E-state index is 14.0. The zero-order chi connectivity index (χ0) is 18.7. The molecule has 6 heteroatoms. The highest BCUT2D eigenvalue weighted by Crippen LogP contribution is 2.27. The fraction of sp³-hybridized carbons (Fsp3) is 0.350. The number of nitrogens with zero attached hydrogens (tertiary/aromatic N) is 2. The lowest BCUT2D eigenvalue weighted by molar-refractivity contribution is 0.0989. The molecule has 0 N–H and O–H groups in total. The van der Waals surface area contributed by atoms with E-state index in [0.29, 0.717) is 11.4 Å². The van der Waals surface area contributed by atoms with Crippen molar-refractivity contribution in [2.75, 3.05) is 32.1 Å². The third kappa shape index (κ3) is 4.17. The first-order chi connectivity index (χ1) is 12.5. The number of rotatable bonds is 4. The fourth-order valence-electron chi connectivity index (χ4n) is 3.05. The van der Waals surface area contributed by atoms with Crippen LogP contribution in [0.5, 0.6) is 5.75 Å². The van der Waals surface area contributed by atoms with Crippen LogP contribution in [-0.2, 0) is 0 Å². The Labute approximate surface area is 158 Å². The highest BCUT2D eigenvalue weighted by molar-refractivity contribution is 6.34. The lowest BCUT2D eigenvalue weighted by atomic mass is 10.1. The Morgan fingerprint density at radius 2 is 1.92 bits per heavy atom. The quantitative estimate of drug-likeness (QED) is 0.800. The molecule has 0 bridgehead atoms. The lowest BCUT2D eigenvalue weighted by Gasteiger charge is -2.29. The van der Waals surface area contributed by atoms with Crippen molar-refractivity contribution in [2.24, 2.45) is 0 Å². The van der Waals surface area contributed by atoms with Crippen molar-refractivity contribution < 1.29 is 13.9 Å². The molecule has 2 aromatic carbocycles. The molecule has 1 aliphatic rings. The average molecular weight is 377 g/mol. The van der Waals surface area contributed by atoms with Gasteiger partial charge >= 0.3 is 0 Å². The van der Waals surface area contributed by atoms with Gasteiger partial charge < -0.3 is 14.5 Å². The van der Waals surface area contributed by atoms with Gasteiger partial charge in [0.15, 0.2) is 0 Å². The predicted octanol–water partition coefficient (Wildman–Crippen LogP) is 4.23. The molecule has 0 atom stereocenters. The molecule has 0 spiro atoms. The van der Waals surface area contributed by atoms with Crippen molar-refractivity contribution in [2.45, 2.75) is 18.9 Å². The number of piperidine rings is 1. The van der Waals surface area contributed by atoms with Crippen molar-refractivity contribution >= 4 is 23.2 Å². The van der Waals surface area contributed by atoms with E-state index in [9.17, 15) is 9.18 Å². The third-order valence-electron chi connectivity index (χ3n) is 4.65. The van der Waals surface area contributed by atoms with Crippen molar-refractivity contribution in [1.29, 1.82) is 0 Å². The molecule has 0 aromatic heterocycles. The maximum absolute atomic E-state index is 14.0. The monoisotopic (exact) mass is 376 g/mol. The summed E-state index contributed by atoms with van der Waals surface area (Å²) in [5, 5.41) is 0.0978. The lowest BCUT2D eigenvalue weighted by Crippen LogP contribution is -2.35. The number of anilines is 1. The van der Waals surface area contributed by atoms with Crippen LogP contribution in [0.3, 0.4) is 0 Å². The number of benzene rings is 2. The Balaban J connectivity index is 1.76. The summed E-state index contributed by atoms with van der Waals surface area (Å²) in [6.07, 6.45) is 2.11. The molecular weight excluding hydrogens is 355 g/mol. The molecule has 1 aliphatic heterocycles. The second kappa shape index (κ2) is 8.06. The van der Waals surface area contributed by atoms with E-state index in [4.69, 9.17) is 16.3 Å². The Kier molecular flexibility index (Phi) is 5.79. The van der Waals surface area contributed by atoms with Gasteiger partial charge in [0, 0.05) is 31.9 Å². The highest BCUT2D eigenvalue weighted by Gasteiger charge is 2.22. The summed E-state index contributed by atoms with van der Waals surface area (Å²) in [5.41, 5.74) is 0.498. The molecule has 0 saturated carbocycles. The topological polar surface area (TPSA) is 32.8 Å². The summed E-state index contributed by atoms with van der Waals surface area (Å²) in [6.45, 7) is 2.02. The first-order valence-electron chi connectivity index (χ1n) is 8.63. The molecule has 4 nitrogen and oxygen atoms in total. The van der Waals surface area contributed by atoms with E-state index in [1.54, 1.807) is 19.2 Å². The van der Waals surface area contributed by atoms with Gasteiger partial charge in [-0.25, -0.2) is 4.39 Å². The van der Waals surface area contributed by atoms with Gasteiger partial charge in [-0.1, -0.05) is 23.7 Å². The van der Waals surface area contributed by atoms with Gasteiger partial charge in [0.1, 0.15) is 17.7 Å². The van der Waals surface area contributed by atoms with Gasteiger partial charge in [0.25, 0.3) is 5.91 Å². The number of halogens is 2. The van der Waals surface area contributed by atoms with Gasteiger partial charge in [-0.3, -0.25) is 4.79 Å². The van der Waals surface area contributed by atoms with Crippen LogP contribution >= 0.6 is 11.6 Å². The summed E-state index contributed by atoms with van der Waals surface area (Å²) in [5.74, 6) is -0.422. The SMILES string of the molecule is CN1CCC(Oc2cccc(N(C)C(=O)c3c(F)cccc3Cl)c2)CC1. The smallest absolute Gasteiger partial charge is 0.262 e. The van der Waals surface area contributed by atoms with Crippen LogP contribution in [0.1, 0.15) is 23.2 Å². The highest BCUT2D eigenvalue weighted by atomic mass is 35.5. The van der Waals surface area contributed by atoms with Crippen LogP contribution in [0.15, 0.2) is 42.5 Å². The molecule has 26 heavy (non-hydrogen) atoms. The van der Waals surface area contributed by atoms with Gasteiger partial charge in [-0.05, 0) is 44.2 Å². The van der Waals surface area contributed by atoms with E-state index < -0.39 is 11.7 Å². The van der Waals surface area contributed by atoms with Gasteiger partial charge in [0.2, 0.25) is 0 Å². The molecule has 1 heterocycles. The Morgan fingerprint density at radius 3 is 2.62 bits per heavy atom. The van der Waals surface area contributed by atoms with E-state index in [1.807, 2.05) is 12.1 Å². The van der Waals surface area contributed by atoms with Crippen molar-refractivity contribution in [3.63, 3.8) is 0 Å². The van der Waals surface area contributed by atoms with Crippen molar-refractivity contribution in [1.82, 2.24) is 4.90 Å². The molecule has 1 amide bonds.